The number of hydrogen-bond donors (Lipinski definition) is 2. The van der Waals surface area contributed by atoms with Crippen molar-refractivity contribution in [1.29, 1.82) is 0 Å². The summed E-state index contributed by atoms with van der Waals surface area (Å²) < 4.78 is 40.1. The molecule has 0 spiro atoms. The van der Waals surface area contributed by atoms with E-state index in [0.717, 1.165) is 17.7 Å². The van der Waals surface area contributed by atoms with Gasteiger partial charge in [0.1, 0.15) is 11.6 Å². The zero-order valence-corrected chi connectivity index (χ0v) is 17.7. The second-order valence-electron chi connectivity index (χ2n) is 7.37. The highest BCUT2D eigenvalue weighted by Gasteiger charge is 2.33. The van der Waals surface area contributed by atoms with Gasteiger partial charge in [-0.25, -0.2) is 0 Å². The van der Waals surface area contributed by atoms with Crippen LogP contribution in [0.2, 0.25) is 0 Å². The van der Waals surface area contributed by atoms with Gasteiger partial charge >= 0.3 is 6.18 Å². The molecular formula is C24H20F3N3O3. The number of anilines is 1. The maximum Gasteiger partial charge on any atom is 0.416 e. The lowest BCUT2D eigenvalue weighted by atomic mass is 9.91. The molecule has 6 nitrogen and oxygen atoms in total. The Labute approximate surface area is 187 Å². The molecule has 0 saturated heterocycles. The van der Waals surface area contributed by atoms with Crippen molar-refractivity contribution in [2.24, 2.45) is 0 Å². The quantitative estimate of drug-likeness (QED) is 0.225. The van der Waals surface area contributed by atoms with Crippen molar-refractivity contribution in [1.82, 2.24) is 10.2 Å². The molecule has 2 N–H and O–H groups in total. The lowest BCUT2D eigenvalue weighted by molar-refractivity contribution is -0.137. The van der Waals surface area contributed by atoms with Gasteiger partial charge in [-0.2, -0.15) is 18.3 Å². The van der Waals surface area contributed by atoms with Gasteiger partial charge < -0.3 is 10.4 Å². The standard InChI is InChI=1S/C24H20F3N3O3/c1-14-6-9-16(10-7-14)23(33)21(19(32)13-31)22(28-20-11-8-15(2)29-30-20)17-4-3-5-18(12-17)24(25,26)27/h3-13,22,33H,1-2H3,(H,28,30). The summed E-state index contributed by atoms with van der Waals surface area (Å²) in [5.74, 6) is -1.50. The van der Waals surface area contributed by atoms with Crippen LogP contribution in [-0.2, 0) is 15.8 Å². The molecule has 0 aliphatic rings. The van der Waals surface area contributed by atoms with Crippen LogP contribution in [0, 0.1) is 13.8 Å². The molecule has 0 saturated carbocycles. The van der Waals surface area contributed by atoms with Gasteiger partial charge in [0.15, 0.2) is 6.29 Å². The molecule has 3 aromatic rings. The Balaban J connectivity index is 2.23. The van der Waals surface area contributed by atoms with Crippen LogP contribution >= 0.6 is 0 Å². The van der Waals surface area contributed by atoms with Crippen molar-refractivity contribution >= 4 is 23.6 Å². The number of aromatic nitrogens is 2. The number of nitrogens with zero attached hydrogens (tertiary/aromatic N) is 2. The summed E-state index contributed by atoms with van der Waals surface area (Å²) in [6.45, 7) is 3.52. The number of aldehydes is 1. The largest absolute Gasteiger partial charge is 0.507 e. The third-order valence-electron chi connectivity index (χ3n) is 4.88. The number of Topliss-reactive ketones (excluding diaryl/α,β-unsaturated/α-hetero) is 1. The molecule has 0 bridgehead atoms. The van der Waals surface area contributed by atoms with Gasteiger partial charge in [-0.05, 0) is 43.7 Å². The number of aryl methyl sites for hydroxylation is 2. The van der Waals surface area contributed by atoms with Gasteiger partial charge in [0.25, 0.3) is 0 Å². The fourth-order valence-corrected chi connectivity index (χ4v) is 3.17. The van der Waals surface area contributed by atoms with Gasteiger partial charge in [-0.15, -0.1) is 5.10 Å². The van der Waals surface area contributed by atoms with E-state index in [9.17, 15) is 27.9 Å². The Hall–Kier alpha value is -4.01. The summed E-state index contributed by atoms with van der Waals surface area (Å²) in [6.07, 6.45) is -4.63. The van der Waals surface area contributed by atoms with Crippen LogP contribution in [-0.4, -0.2) is 27.4 Å². The van der Waals surface area contributed by atoms with E-state index in [4.69, 9.17) is 0 Å². The molecule has 0 aliphatic heterocycles. The van der Waals surface area contributed by atoms with E-state index in [1.165, 1.54) is 30.3 Å². The molecular weight excluding hydrogens is 435 g/mol. The molecule has 0 fully saturated rings. The molecule has 170 valence electrons. The molecule has 0 radical (unpaired) electrons. The van der Waals surface area contributed by atoms with Gasteiger partial charge in [-0.3, -0.25) is 9.59 Å². The van der Waals surface area contributed by atoms with E-state index in [0.29, 0.717) is 5.69 Å². The Morgan fingerprint density at radius 3 is 2.30 bits per heavy atom. The predicted molar refractivity (Wildman–Crippen MR) is 116 cm³/mol. The van der Waals surface area contributed by atoms with Gasteiger partial charge in [0.2, 0.25) is 5.78 Å². The first-order valence-corrected chi connectivity index (χ1v) is 9.84. The maximum atomic E-state index is 13.4. The molecule has 1 unspecified atom stereocenters. The van der Waals surface area contributed by atoms with Crippen molar-refractivity contribution in [3.8, 4) is 0 Å². The van der Waals surface area contributed by atoms with Crippen molar-refractivity contribution in [3.05, 3.63) is 94.2 Å². The monoisotopic (exact) mass is 455 g/mol. The topological polar surface area (TPSA) is 92.2 Å². The number of hydrogen-bond acceptors (Lipinski definition) is 6. The van der Waals surface area contributed by atoms with Crippen molar-refractivity contribution in [2.75, 3.05) is 5.32 Å². The third-order valence-corrected chi connectivity index (χ3v) is 4.88. The van der Waals surface area contributed by atoms with Gasteiger partial charge in [-0.1, -0.05) is 42.0 Å². The minimum Gasteiger partial charge on any atom is -0.507 e. The lowest BCUT2D eigenvalue weighted by Crippen LogP contribution is -2.23. The fourth-order valence-electron chi connectivity index (χ4n) is 3.17. The number of benzene rings is 2. The molecule has 0 amide bonds. The Bertz CT molecular complexity index is 1190. The highest BCUT2D eigenvalue weighted by molar-refractivity contribution is 6.35. The smallest absolute Gasteiger partial charge is 0.416 e. The van der Waals surface area contributed by atoms with E-state index < -0.39 is 34.9 Å². The summed E-state index contributed by atoms with van der Waals surface area (Å²) >= 11 is 0. The van der Waals surface area contributed by atoms with E-state index in [-0.39, 0.29) is 23.2 Å². The number of aliphatic hydroxyl groups excluding tert-OH is 1. The highest BCUT2D eigenvalue weighted by Crippen LogP contribution is 2.35. The Morgan fingerprint density at radius 2 is 1.73 bits per heavy atom. The Kier molecular flexibility index (Phi) is 6.91. The van der Waals surface area contributed by atoms with Crippen LogP contribution < -0.4 is 5.32 Å². The van der Waals surface area contributed by atoms with Gasteiger partial charge in [0.05, 0.1) is 22.9 Å². The summed E-state index contributed by atoms with van der Waals surface area (Å²) in [7, 11) is 0. The maximum absolute atomic E-state index is 13.4. The van der Waals surface area contributed by atoms with Crippen molar-refractivity contribution < 1.29 is 27.9 Å². The second-order valence-corrected chi connectivity index (χ2v) is 7.37. The predicted octanol–water partition coefficient (Wildman–Crippen LogP) is 5.00. The SMILES string of the molecule is Cc1ccc(C(O)=C(C(=O)C=O)C(Nc2ccc(C)nn2)c2cccc(C(F)(F)F)c2)cc1. The van der Waals surface area contributed by atoms with Crippen molar-refractivity contribution in [2.45, 2.75) is 26.1 Å². The first-order valence-electron chi connectivity index (χ1n) is 9.84. The normalized spacial score (nSPS) is 13.1. The molecule has 0 aliphatic carbocycles. The number of carbonyl (C=O) groups excluding carboxylic acids is 2. The minimum atomic E-state index is -4.64. The molecule has 3 rings (SSSR count). The zero-order chi connectivity index (χ0) is 24.2. The molecule has 9 heteroatoms. The summed E-state index contributed by atoms with van der Waals surface area (Å²) in [5, 5.41) is 21.6. The van der Waals surface area contributed by atoms with Crippen LogP contribution in [0.1, 0.15) is 34.0 Å². The number of aliphatic hydroxyl groups is 1. The average molecular weight is 455 g/mol. The number of nitrogens with one attached hydrogen (secondary N) is 1. The summed E-state index contributed by atoms with van der Waals surface area (Å²) in [5.41, 5.74) is 0.330. The van der Waals surface area contributed by atoms with Crippen molar-refractivity contribution in [3.63, 3.8) is 0 Å². The van der Waals surface area contributed by atoms with Crippen LogP contribution in [0.4, 0.5) is 19.0 Å². The van der Waals surface area contributed by atoms with Gasteiger partial charge in [0, 0.05) is 5.56 Å². The average Bonchev–Trinajstić information content (AvgIpc) is 2.79. The molecule has 1 aromatic heterocycles. The zero-order valence-electron chi connectivity index (χ0n) is 17.7. The van der Waals surface area contributed by atoms with Crippen LogP contribution in [0.5, 0.6) is 0 Å². The third kappa shape index (κ3) is 5.62. The number of alkyl halides is 3. The van der Waals surface area contributed by atoms with Crippen LogP contribution in [0.3, 0.4) is 0 Å². The number of rotatable bonds is 7. The molecule has 1 atom stereocenters. The number of halogens is 3. The van der Waals surface area contributed by atoms with E-state index in [1.54, 1.807) is 25.1 Å². The first kappa shape index (κ1) is 23.6. The number of ketones is 1. The van der Waals surface area contributed by atoms with Crippen LogP contribution in [0.15, 0.2) is 66.2 Å². The number of carbonyl (C=O) groups is 2. The molecule has 33 heavy (non-hydrogen) atoms. The van der Waals surface area contributed by atoms with E-state index in [1.807, 2.05) is 6.92 Å². The summed E-state index contributed by atoms with van der Waals surface area (Å²) in [6, 6.07) is 12.5. The van der Waals surface area contributed by atoms with E-state index in [2.05, 4.69) is 15.5 Å². The molecule has 1 heterocycles. The second kappa shape index (κ2) is 9.64. The minimum absolute atomic E-state index is 0.00283. The first-order chi connectivity index (χ1) is 15.6. The molecule has 2 aromatic carbocycles. The Morgan fingerprint density at radius 1 is 1.03 bits per heavy atom. The lowest BCUT2D eigenvalue weighted by Gasteiger charge is -2.23. The fraction of sp³-hybridized carbons (Fsp3) is 0.167. The van der Waals surface area contributed by atoms with Crippen LogP contribution in [0.25, 0.3) is 5.76 Å². The summed E-state index contributed by atoms with van der Waals surface area (Å²) in [4.78, 5) is 24.1. The van der Waals surface area contributed by atoms with E-state index >= 15 is 0 Å². The highest BCUT2D eigenvalue weighted by atomic mass is 19.4.